The van der Waals surface area contributed by atoms with Crippen molar-refractivity contribution in [2.75, 3.05) is 5.32 Å². The Morgan fingerprint density at radius 1 is 1.14 bits per heavy atom. The highest BCUT2D eigenvalue weighted by Crippen LogP contribution is 2.14. The van der Waals surface area contributed by atoms with Crippen LogP contribution in [-0.2, 0) is 13.0 Å². The zero-order chi connectivity index (χ0) is 15.2. The third-order valence-electron chi connectivity index (χ3n) is 3.27. The van der Waals surface area contributed by atoms with Gasteiger partial charge in [-0.25, -0.2) is 9.97 Å². The maximum atomic E-state index is 4.56. The van der Waals surface area contributed by atoms with E-state index in [4.69, 9.17) is 0 Å². The summed E-state index contributed by atoms with van der Waals surface area (Å²) < 4.78 is 1.93. The molecule has 0 aliphatic carbocycles. The molecule has 0 fully saturated rings. The quantitative estimate of drug-likeness (QED) is 0.756. The molecule has 0 unspecified atom stereocenters. The SMILES string of the molecule is CCCn1cc(Nc2ccnc(Cc3ccccc3)n2)cn1. The van der Waals surface area contributed by atoms with E-state index in [0.29, 0.717) is 0 Å². The van der Waals surface area contributed by atoms with Gasteiger partial charge in [0.15, 0.2) is 0 Å². The van der Waals surface area contributed by atoms with E-state index in [-0.39, 0.29) is 0 Å². The van der Waals surface area contributed by atoms with Gasteiger partial charge >= 0.3 is 0 Å². The summed E-state index contributed by atoms with van der Waals surface area (Å²) in [7, 11) is 0. The first-order valence-corrected chi connectivity index (χ1v) is 7.49. The van der Waals surface area contributed by atoms with Crippen LogP contribution >= 0.6 is 0 Å². The maximum Gasteiger partial charge on any atom is 0.135 e. The van der Waals surface area contributed by atoms with Crippen molar-refractivity contribution in [3.8, 4) is 0 Å². The standard InChI is InChI=1S/C17H19N5/c1-2-10-22-13-15(12-19-22)20-16-8-9-18-17(21-16)11-14-6-4-3-5-7-14/h3-9,12-13H,2,10-11H2,1H3,(H,18,20,21). The number of anilines is 2. The maximum absolute atomic E-state index is 4.56. The van der Waals surface area contributed by atoms with Crippen molar-refractivity contribution in [3.63, 3.8) is 0 Å². The van der Waals surface area contributed by atoms with Gasteiger partial charge in [-0.05, 0) is 18.1 Å². The first-order valence-electron chi connectivity index (χ1n) is 7.49. The highest BCUT2D eigenvalue weighted by Gasteiger charge is 2.03. The van der Waals surface area contributed by atoms with E-state index in [0.717, 1.165) is 36.7 Å². The topological polar surface area (TPSA) is 55.6 Å². The number of aryl methyl sites for hydroxylation is 1. The molecular formula is C17H19N5. The van der Waals surface area contributed by atoms with Crippen molar-refractivity contribution in [1.29, 1.82) is 0 Å². The normalized spacial score (nSPS) is 10.6. The van der Waals surface area contributed by atoms with Crippen LogP contribution in [0.4, 0.5) is 11.5 Å². The lowest BCUT2D eigenvalue weighted by molar-refractivity contribution is 0.603. The Morgan fingerprint density at radius 2 is 2.00 bits per heavy atom. The van der Waals surface area contributed by atoms with Crippen LogP contribution < -0.4 is 5.32 Å². The number of nitrogens with one attached hydrogen (secondary N) is 1. The van der Waals surface area contributed by atoms with Crippen molar-refractivity contribution in [3.05, 3.63) is 66.4 Å². The van der Waals surface area contributed by atoms with E-state index < -0.39 is 0 Å². The van der Waals surface area contributed by atoms with Gasteiger partial charge in [0, 0.05) is 25.4 Å². The first kappa shape index (κ1) is 14.3. The molecule has 1 N–H and O–H groups in total. The fourth-order valence-electron chi connectivity index (χ4n) is 2.26. The molecule has 5 heteroatoms. The summed E-state index contributed by atoms with van der Waals surface area (Å²) in [6, 6.07) is 12.1. The molecule has 1 aromatic carbocycles. The predicted octanol–water partition coefficient (Wildman–Crippen LogP) is 3.42. The number of aromatic nitrogens is 4. The second-order valence-electron chi connectivity index (χ2n) is 5.14. The molecule has 0 amide bonds. The molecule has 0 aliphatic rings. The van der Waals surface area contributed by atoms with Crippen molar-refractivity contribution in [2.24, 2.45) is 0 Å². The average molecular weight is 293 g/mol. The van der Waals surface area contributed by atoms with E-state index in [1.54, 1.807) is 6.20 Å². The predicted molar refractivity (Wildman–Crippen MR) is 87.1 cm³/mol. The lowest BCUT2D eigenvalue weighted by atomic mass is 10.1. The van der Waals surface area contributed by atoms with Crippen molar-refractivity contribution < 1.29 is 0 Å². The molecule has 112 valence electrons. The van der Waals surface area contributed by atoms with E-state index >= 15 is 0 Å². The fraction of sp³-hybridized carbons (Fsp3) is 0.235. The van der Waals surface area contributed by atoms with Crippen molar-refractivity contribution in [1.82, 2.24) is 19.7 Å². The molecule has 0 radical (unpaired) electrons. The number of benzene rings is 1. The summed E-state index contributed by atoms with van der Waals surface area (Å²) >= 11 is 0. The molecule has 0 saturated heterocycles. The smallest absolute Gasteiger partial charge is 0.135 e. The third kappa shape index (κ3) is 3.69. The lowest BCUT2D eigenvalue weighted by Gasteiger charge is -2.05. The van der Waals surface area contributed by atoms with E-state index in [1.807, 2.05) is 41.3 Å². The van der Waals surface area contributed by atoms with Crippen LogP contribution in [0.25, 0.3) is 0 Å². The monoisotopic (exact) mass is 293 g/mol. The zero-order valence-corrected chi connectivity index (χ0v) is 12.6. The van der Waals surface area contributed by atoms with Crippen LogP contribution in [0.1, 0.15) is 24.7 Å². The molecule has 0 spiro atoms. The van der Waals surface area contributed by atoms with Crippen LogP contribution in [0.5, 0.6) is 0 Å². The molecule has 0 bridgehead atoms. The van der Waals surface area contributed by atoms with Gasteiger partial charge in [-0.2, -0.15) is 5.10 Å². The Morgan fingerprint density at radius 3 is 2.82 bits per heavy atom. The third-order valence-corrected chi connectivity index (χ3v) is 3.27. The lowest BCUT2D eigenvalue weighted by Crippen LogP contribution is -2.00. The molecule has 3 rings (SSSR count). The second kappa shape index (κ2) is 6.85. The average Bonchev–Trinajstić information content (AvgIpc) is 2.96. The molecule has 2 aromatic heterocycles. The van der Waals surface area contributed by atoms with Gasteiger partial charge in [0.1, 0.15) is 11.6 Å². The molecule has 5 nitrogen and oxygen atoms in total. The minimum absolute atomic E-state index is 0.728. The molecule has 2 heterocycles. The highest BCUT2D eigenvalue weighted by atomic mass is 15.3. The van der Waals surface area contributed by atoms with E-state index in [1.165, 1.54) is 5.56 Å². The fourth-order valence-corrected chi connectivity index (χ4v) is 2.26. The number of nitrogens with zero attached hydrogens (tertiary/aromatic N) is 4. The van der Waals surface area contributed by atoms with Crippen LogP contribution in [0, 0.1) is 0 Å². The first-order chi connectivity index (χ1) is 10.8. The minimum Gasteiger partial charge on any atom is -0.338 e. The molecule has 3 aromatic rings. The van der Waals surface area contributed by atoms with Gasteiger partial charge in [0.2, 0.25) is 0 Å². The Balaban J connectivity index is 1.70. The molecule has 0 atom stereocenters. The van der Waals surface area contributed by atoms with Gasteiger partial charge in [0.25, 0.3) is 0 Å². The summed E-state index contributed by atoms with van der Waals surface area (Å²) in [5, 5.41) is 7.58. The Hall–Kier alpha value is -2.69. The highest BCUT2D eigenvalue weighted by molar-refractivity contribution is 5.53. The molecular weight excluding hydrogens is 274 g/mol. The van der Waals surface area contributed by atoms with Crippen LogP contribution in [-0.4, -0.2) is 19.7 Å². The van der Waals surface area contributed by atoms with Gasteiger partial charge in [-0.1, -0.05) is 37.3 Å². The molecule has 22 heavy (non-hydrogen) atoms. The van der Waals surface area contributed by atoms with Crippen LogP contribution in [0.2, 0.25) is 0 Å². The van der Waals surface area contributed by atoms with Gasteiger partial charge < -0.3 is 5.32 Å². The summed E-state index contributed by atoms with van der Waals surface area (Å²) in [6.45, 7) is 3.06. The Labute approximate surface area is 130 Å². The number of hydrogen-bond donors (Lipinski definition) is 1. The summed E-state index contributed by atoms with van der Waals surface area (Å²) in [5.74, 6) is 1.59. The van der Waals surface area contributed by atoms with Crippen molar-refractivity contribution in [2.45, 2.75) is 26.3 Å². The van der Waals surface area contributed by atoms with Crippen molar-refractivity contribution >= 4 is 11.5 Å². The summed E-state index contributed by atoms with van der Waals surface area (Å²) in [6.07, 6.45) is 7.38. The van der Waals surface area contributed by atoms with Gasteiger partial charge in [-0.15, -0.1) is 0 Å². The van der Waals surface area contributed by atoms with Gasteiger partial charge in [-0.3, -0.25) is 4.68 Å². The van der Waals surface area contributed by atoms with E-state index in [9.17, 15) is 0 Å². The van der Waals surface area contributed by atoms with E-state index in [2.05, 4.69) is 39.4 Å². The summed E-state index contributed by atoms with van der Waals surface area (Å²) in [4.78, 5) is 8.90. The minimum atomic E-state index is 0.728. The second-order valence-corrected chi connectivity index (χ2v) is 5.14. The zero-order valence-electron chi connectivity index (χ0n) is 12.6. The van der Waals surface area contributed by atoms with Gasteiger partial charge in [0.05, 0.1) is 11.9 Å². The number of rotatable bonds is 6. The Kier molecular flexibility index (Phi) is 4.44. The van der Waals surface area contributed by atoms with Crippen LogP contribution in [0.15, 0.2) is 55.0 Å². The molecule has 0 aliphatic heterocycles. The number of hydrogen-bond acceptors (Lipinski definition) is 4. The Bertz CT molecular complexity index is 721. The van der Waals surface area contributed by atoms with Crippen LogP contribution in [0.3, 0.4) is 0 Å². The summed E-state index contributed by atoms with van der Waals surface area (Å²) in [5.41, 5.74) is 2.15. The largest absolute Gasteiger partial charge is 0.338 e. The molecule has 0 saturated carbocycles.